The monoisotopic (exact) mass is 290 g/mol. The fourth-order valence-electron chi connectivity index (χ4n) is 2.19. The summed E-state index contributed by atoms with van der Waals surface area (Å²) in [5, 5.41) is 3.03. The third-order valence-corrected chi connectivity index (χ3v) is 3.41. The molecule has 1 aromatic carbocycles. The lowest BCUT2D eigenvalue weighted by atomic mass is 10.0. The van der Waals surface area contributed by atoms with Crippen LogP contribution in [0.1, 0.15) is 13.3 Å². The summed E-state index contributed by atoms with van der Waals surface area (Å²) >= 11 is 0. The molecule has 0 saturated carbocycles. The highest BCUT2D eigenvalue weighted by Gasteiger charge is 2.24. The highest BCUT2D eigenvalue weighted by atomic mass is 19.3. The van der Waals surface area contributed by atoms with Gasteiger partial charge in [0.25, 0.3) is 0 Å². The van der Waals surface area contributed by atoms with E-state index in [1.54, 1.807) is 0 Å². The first-order chi connectivity index (χ1) is 9.47. The Labute approximate surface area is 115 Å². The van der Waals surface area contributed by atoms with Crippen LogP contribution in [0.25, 0.3) is 0 Å². The van der Waals surface area contributed by atoms with Crippen molar-refractivity contribution in [3.8, 4) is 5.75 Å². The molecule has 0 aliphatic carbocycles. The summed E-state index contributed by atoms with van der Waals surface area (Å²) in [6.07, 6.45) is 1.04. The summed E-state index contributed by atoms with van der Waals surface area (Å²) in [6.45, 7) is 0.167. The molecule has 1 aliphatic heterocycles. The molecule has 4 nitrogen and oxygen atoms in total. The first-order valence-corrected chi connectivity index (χ1v) is 6.36. The van der Waals surface area contributed by atoms with Gasteiger partial charge in [0.1, 0.15) is 0 Å². The topological polar surface area (TPSA) is 56.5 Å². The van der Waals surface area contributed by atoms with Crippen LogP contribution in [0.3, 0.4) is 0 Å². The van der Waals surface area contributed by atoms with Gasteiger partial charge in [-0.05, 0) is 13.3 Å². The Morgan fingerprint density at radius 3 is 2.85 bits per heavy atom. The maximum absolute atomic E-state index is 13.4. The lowest BCUT2D eigenvalue weighted by Crippen LogP contribution is -2.21. The molecule has 0 bridgehead atoms. The van der Waals surface area contributed by atoms with Crippen LogP contribution in [-0.4, -0.2) is 25.9 Å². The van der Waals surface area contributed by atoms with Gasteiger partial charge in [0.15, 0.2) is 11.6 Å². The van der Waals surface area contributed by atoms with Crippen LogP contribution in [0, 0.1) is 11.7 Å². The number of halogens is 3. The van der Waals surface area contributed by atoms with Crippen LogP contribution >= 0.6 is 0 Å². The van der Waals surface area contributed by atoms with E-state index in [4.69, 9.17) is 10.5 Å². The van der Waals surface area contributed by atoms with Crippen molar-refractivity contribution < 1.29 is 22.6 Å². The Hall–Kier alpha value is -1.63. The van der Waals surface area contributed by atoms with Crippen LogP contribution in [0.2, 0.25) is 0 Å². The third kappa shape index (κ3) is 3.47. The zero-order valence-corrected chi connectivity index (χ0v) is 11.0. The van der Waals surface area contributed by atoms with Gasteiger partial charge in [-0.2, -0.15) is 8.78 Å². The van der Waals surface area contributed by atoms with Crippen molar-refractivity contribution in [3.63, 3.8) is 0 Å². The summed E-state index contributed by atoms with van der Waals surface area (Å²) in [6, 6.07) is 2.12. The van der Waals surface area contributed by atoms with Gasteiger partial charge in [-0.15, -0.1) is 0 Å². The van der Waals surface area contributed by atoms with E-state index in [0.29, 0.717) is 24.8 Å². The van der Waals surface area contributed by atoms with Crippen LogP contribution < -0.4 is 15.8 Å². The SMILES string of the molecule is CC1OCCC1CNc1cc(OC(F)F)c(F)cc1N. The molecule has 0 aromatic heterocycles. The summed E-state index contributed by atoms with van der Waals surface area (Å²) in [4.78, 5) is 0. The molecule has 7 heteroatoms. The zero-order valence-electron chi connectivity index (χ0n) is 11.0. The number of hydrogen-bond donors (Lipinski definition) is 2. The van der Waals surface area contributed by atoms with E-state index in [1.807, 2.05) is 6.92 Å². The minimum atomic E-state index is -3.08. The molecule has 3 N–H and O–H groups in total. The molecule has 2 atom stereocenters. The molecule has 1 aromatic rings. The second-order valence-corrected chi connectivity index (χ2v) is 4.75. The molecule has 1 aliphatic rings. The van der Waals surface area contributed by atoms with Gasteiger partial charge < -0.3 is 20.5 Å². The summed E-state index contributed by atoms with van der Waals surface area (Å²) in [5.41, 5.74) is 6.19. The quantitative estimate of drug-likeness (QED) is 0.819. The molecule has 2 rings (SSSR count). The number of anilines is 2. The minimum Gasteiger partial charge on any atom is -0.432 e. The normalized spacial score (nSPS) is 22.2. The Balaban J connectivity index is 2.06. The molecule has 1 fully saturated rings. The van der Waals surface area contributed by atoms with E-state index in [0.717, 1.165) is 18.6 Å². The number of ether oxygens (including phenoxy) is 2. The van der Waals surface area contributed by atoms with Crippen LogP contribution in [0.15, 0.2) is 12.1 Å². The molecule has 1 heterocycles. The van der Waals surface area contributed by atoms with Gasteiger partial charge in [-0.25, -0.2) is 4.39 Å². The largest absolute Gasteiger partial charge is 0.432 e. The Morgan fingerprint density at radius 1 is 1.50 bits per heavy atom. The summed E-state index contributed by atoms with van der Waals surface area (Å²) in [5.74, 6) is -1.13. The Morgan fingerprint density at radius 2 is 2.25 bits per heavy atom. The van der Waals surface area contributed by atoms with Crippen LogP contribution in [0.4, 0.5) is 24.5 Å². The van der Waals surface area contributed by atoms with Crippen molar-refractivity contribution in [2.45, 2.75) is 26.1 Å². The highest BCUT2D eigenvalue weighted by molar-refractivity contribution is 5.68. The molecule has 1 saturated heterocycles. The van der Waals surface area contributed by atoms with Crippen molar-refractivity contribution in [2.75, 3.05) is 24.2 Å². The van der Waals surface area contributed by atoms with E-state index >= 15 is 0 Å². The smallest absolute Gasteiger partial charge is 0.387 e. The van der Waals surface area contributed by atoms with Crippen molar-refractivity contribution in [2.24, 2.45) is 5.92 Å². The maximum Gasteiger partial charge on any atom is 0.387 e. The van der Waals surface area contributed by atoms with E-state index in [9.17, 15) is 13.2 Å². The van der Waals surface area contributed by atoms with E-state index in [1.165, 1.54) is 0 Å². The van der Waals surface area contributed by atoms with Crippen LogP contribution in [0.5, 0.6) is 5.75 Å². The average molecular weight is 290 g/mol. The fourth-order valence-corrected chi connectivity index (χ4v) is 2.19. The standard InChI is InChI=1S/C13H17F3N2O2/c1-7-8(2-3-19-7)6-18-11-5-12(20-13(15)16)9(14)4-10(11)17/h4-5,7-8,13,18H,2-3,6,17H2,1H3. The van der Waals surface area contributed by atoms with Gasteiger partial charge in [-0.1, -0.05) is 0 Å². The number of alkyl halides is 2. The van der Waals surface area contributed by atoms with Gasteiger partial charge in [0.05, 0.1) is 17.5 Å². The molecule has 0 spiro atoms. The van der Waals surface area contributed by atoms with Crippen molar-refractivity contribution in [1.29, 1.82) is 0 Å². The molecular weight excluding hydrogens is 273 g/mol. The summed E-state index contributed by atoms with van der Waals surface area (Å²) in [7, 11) is 0. The summed E-state index contributed by atoms with van der Waals surface area (Å²) < 4.78 is 47.3. The number of nitrogens with two attached hydrogens (primary N) is 1. The molecule has 2 unspecified atom stereocenters. The number of benzene rings is 1. The van der Waals surface area contributed by atoms with Gasteiger partial charge in [0.2, 0.25) is 0 Å². The molecule has 0 radical (unpaired) electrons. The molecule has 20 heavy (non-hydrogen) atoms. The number of nitrogens with one attached hydrogen (secondary N) is 1. The van der Waals surface area contributed by atoms with Crippen molar-refractivity contribution in [3.05, 3.63) is 17.9 Å². The van der Waals surface area contributed by atoms with Crippen molar-refractivity contribution in [1.82, 2.24) is 0 Å². The van der Waals surface area contributed by atoms with E-state index in [2.05, 4.69) is 10.1 Å². The number of hydrogen-bond acceptors (Lipinski definition) is 4. The predicted octanol–water partition coefficient (Wildman–Crippen LogP) is 2.85. The average Bonchev–Trinajstić information content (AvgIpc) is 2.76. The second-order valence-electron chi connectivity index (χ2n) is 4.75. The van der Waals surface area contributed by atoms with Gasteiger partial charge in [-0.3, -0.25) is 0 Å². The third-order valence-electron chi connectivity index (χ3n) is 3.41. The van der Waals surface area contributed by atoms with E-state index < -0.39 is 18.2 Å². The van der Waals surface area contributed by atoms with Crippen LogP contribution in [-0.2, 0) is 4.74 Å². The second kappa shape index (κ2) is 6.21. The first kappa shape index (κ1) is 14.8. The molecular formula is C13H17F3N2O2. The highest BCUT2D eigenvalue weighted by Crippen LogP contribution is 2.30. The Kier molecular flexibility index (Phi) is 4.59. The van der Waals surface area contributed by atoms with E-state index in [-0.39, 0.29) is 11.8 Å². The Bertz CT molecular complexity index is 471. The zero-order chi connectivity index (χ0) is 14.7. The fraction of sp³-hybridized carbons (Fsp3) is 0.538. The number of rotatable bonds is 5. The minimum absolute atomic E-state index is 0.126. The lowest BCUT2D eigenvalue weighted by Gasteiger charge is -2.17. The molecule has 112 valence electrons. The predicted molar refractivity (Wildman–Crippen MR) is 69.5 cm³/mol. The molecule has 0 amide bonds. The van der Waals surface area contributed by atoms with Gasteiger partial charge >= 0.3 is 6.61 Å². The van der Waals surface area contributed by atoms with Crippen molar-refractivity contribution >= 4 is 11.4 Å². The lowest BCUT2D eigenvalue weighted by molar-refractivity contribution is -0.0521. The maximum atomic E-state index is 13.4. The van der Waals surface area contributed by atoms with Gasteiger partial charge in [0, 0.05) is 31.2 Å². The first-order valence-electron chi connectivity index (χ1n) is 6.36. The number of nitrogen functional groups attached to an aromatic ring is 1.